The third-order valence-corrected chi connectivity index (χ3v) is 3.92. The van der Waals surface area contributed by atoms with Crippen LogP contribution in [0.4, 0.5) is 5.69 Å². The minimum atomic E-state index is -0.515. The predicted molar refractivity (Wildman–Crippen MR) is 111 cm³/mol. The van der Waals surface area contributed by atoms with Gasteiger partial charge in [0.05, 0.1) is 6.26 Å². The molecule has 0 aliphatic rings. The minimum absolute atomic E-state index is 0.154. The van der Waals surface area contributed by atoms with E-state index in [1.54, 1.807) is 43.4 Å². The first-order chi connectivity index (χ1) is 14.1. The number of rotatable bonds is 9. The van der Waals surface area contributed by atoms with E-state index in [1.165, 1.54) is 11.2 Å². The number of carbonyl (C=O) groups excluding carboxylic acids is 3. The standard InChI is InChI=1S/C22H28N2O6/c1-22(2,3)30-20(26)11-6-12-24(4)19(25)15-29-17-9-5-8-16(14-17)23-21(27)18-10-7-13-28-18/h5,7-10,13-14H,6,11-12,15H2,1-4H3,(H,23,27). The Bertz CT molecular complexity index is 855. The molecule has 162 valence electrons. The van der Waals surface area contributed by atoms with Crippen molar-refractivity contribution < 1.29 is 28.3 Å². The van der Waals surface area contributed by atoms with Crippen LogP contribution in [0, 0.1) is 0 Å². The van der Waals surface area contributed by atoms with Gasteiger partial charge in [-0.05, 0) is 51.5 Å². The number of amides is 2. The number of likely N-dealkylation sites (N-methyl/N-ethyl adjacent to an activating group) is 1. The van der Waals surface area contributed by atoms with Crippen LogP contribution in [-0.4, -0.2) is 48.5 Å². The lowest BCUT2D eigenvalue weighted by atomic mass is 10.2. The molecule has 0 bridgehead atoms. The highest BCUT2D eigenvalue weighted by molar-refractivity contribution is 6.02. The normalized spacial score (nSPS) is 10.9. The monoisotopic (exact) mass is 416 g/mol. The molecule has 0 radical (unpaired) electrons. The average molecular weight is 416 g/mol. The maximum atomic E-state index is 12.2. The van der Waals surface area contributed by atoms with Crippen LogP contribution >= 0.6 is 0 Å². The summed E-state index contributed by atoms with van der Waals surface area (Å²) in [7, 11) is 1.65. The van der Waals surface area contributed by atoms with Gasteiger partial charge in [0, 0.05) is 31.8 Å². The van der Waals surface area contributed by atoms with Gasteiger partial charge < -0.3 is 24.1 Å². The zero-order valence-electron chi connectivity index (χ0n) is 17.8. The summed E-state index contributed by atoms with van der Waals surface area (Å²) in [4.78, 5) is 37.5. The summed E-state index contributed by atoms with van der Waals surface area (Å²) in [6.07, 6.45) is 2.17. The SMILES string of the molecule is CN(CCCC(=O)OC(C)(C)C)C(=O)COc1cccc(NC(=O)c2ccco2)c1. The molecule has 0 saturated carbocycles. The Morgan fingerprint density at radius 1 is 1.13 bits per heavy atom. The van der Waals surface area contributed by atoms with Gasteiger partial charge in [0.2, 0.25) is 0 Å². The van der Waals surface area contributed by atoms with E-state index in [2.05, 4.69) is 5.32 Å². The number of furan rings is 1. The van der Waals surface area contributed by atoms with Crippen LogP contribution in [0.3, 0.4) is 0 Å². The zero-order chi connectivity index (χ0) is 22.1. The van der Waals surface area contributed by atoms with Crippen molar-refractivity contribution in [1.29, 1.82) is 0 Å². The second-order valence-corrected chi connectivity index (χ2v) is 7.75. The number of anilines is 1. The van der Waals surface area contributed by atoms with Gasteiger partial charge >= 0.3 is 5.97 Å². The first-order valence-corrected chi connectivity index (χ1v) is 9.67. The third kappa shape index (κ3) is 7.98. The number of benzene rings is 1. The Kier molecular flexibility index (Phi) is 8.03. The molecule has 1 N–H and O–H groups in total. The Morgan fingerprint density at radius 2 is 1.90 bits per heavy atom. The molecule has 2 aromatic rings. The van der Waals surface area contributed by atoms with E-state index >= 15 is 0 Å². The third-order valence-electron chi connectivity index (χ3n) is 3.92. The van der Waals surface area contributed by atoms with Crippen LogP contribution in [0.25, 0.3) is 0 Å². The molecule has 8 heteroatoms. The van der Waals surface area contributed by atoms with Crippen LogP contribution in [0.1, 0.15) is 44.2 Å². The quantitative estimate of drug-likeness (QED) is 0.629. The molecule has 0 atom stereocenters. The highest BCUT2D eigenvalue weighted by atomic mass is 16.6. The molecule has 1 heterocycles. The van der Waals surface area contributed by atoms with Gasteiger partial charge in [0.25, 0.3) is 11.8 Å². The van der Waals surface area contributed by atoms with E-state index in [0.29, 0.717) is 24.4 Å². The lowest BCUT2D eigenvalue weighted by Crippen LogP contribution is -2.32. The van der Waals surface area contributed by atoms with Crippen LogP contribution in [-0.2, 0) is 14.3 Å². The van der Waals surface area contributed by atoms with Crippen LogP contribution in [0.15, 0.2) is 47.1 Å². The second-order valence-electron chi connectivity index (χ2n) is 7.75. The Labute approximate surface area is 176 Å². The number of hydrogen-bond acceptors (Lipinski definition) is 6. The summed E-state index contributed by atoms with van der Waals surface area (Å²) in [6, 6.07) is 9.92. The van der Waals surface area contributed by atoms with E-state index < -0.39 is 5.60 Å². The average Bonchev–Trinajstić information content (AvgIpc) is 3.20. The first-order valence-electron chi connectivity index (χ1n) is 9.67. The first kappa shape index (κ1) is 23.0. The maximum Gasteiger partial charge on any atom is 0.306 e. The van der Waals surface area contributed by atoms with Crippen LogP contribution in [0.2, 0.25) is 0 Å². The Balaban J connectivity index is 1.76. The second kappa shape index (κ2) is 10.5. The van der Waals surface area contributed by atoms with Crippen molar-refractivity contribution in [2.45, 2.75) is 39.2 Å². The van der Waals surface area contributed by atoms with E-state index in [9.17, 15) is 14.4 Å². The topological polar surface area (TPSA) is 98.1 Å². The summed E-state index contributed by atoms with van der Waals surface area (Å²) in [5.74, 6) is -0.234. The number of ether oxygens (including phenoxy) is 2. The fourth-order valence-corrected chi connectivity index (χ4v) is 2.50. The van der Waals surface area contributed by atoms with Gasteiger partial charge in [0.1, 0.15) is 11.4 Å². The molecular weight excluding hydrogens is 388 g/mol. The molecular formula is C22H28N2O6. The molecule has 30 heavy (non-hydrogen) atoms. The van der Waals surface area contributed by atoms with Crippen molar-refractivity contribution in [3.63, 3.8) is 0 Å². The number of nitrogens with one attached hydrogen (secondary N) is 1. The van der Waals surface area contributed by atoms with E-state index in [4.69, 9.17) is 13.9 Å². The van der Waals surface area contributed by atoms with E-state index in [1.807, 2.05) is 20.8 Å². The molecule has 2 rings (SSSR count). The van der Waals surface area contributed by atoms with Crippen molar-refractivity contribution in [3.8, 4) is 5.75 Å². The molecule has 1 aromatic heterocycles. The summed E-state index contributed by atoms with van der Waals surface area (Å²) in [5.41, 5.74) is 0.00516. The largest absolute Gasteiger partial charge is 0.484 e. The van der Waals surface area contributed by atoms with E-state index in [-0.39, 0.29) is 36.6 Å². The molecule has 8 nitrogen and oxygen atoms in total. The smallest absolute Gasteiger partial charge is 0.306 e. The molecule has 1 aromatic carbocycles. The molecule has 2 amide bonds. The number of esters is 1. The van der Waals surface area contributed by atoms with Gasteiger partial charge in [-0.2, -0.15) is 0 Å². The lowest BCUT2D eigenvalue weighted by Gasteiger charge is -2.20. The molecule has 0 saturated heterocycles. The van der Waals surface area contributed by atoms with E-state index in [0.717, 1.165) is 0 Å². The van der Waals surface area contributed by atoms with Crippen molar-refractivity contribution in [2.24, 2.45) is 0 Å². The maximum absolute atomic E-state index is 12.2. The number of carbonyl (C=O) groups is 3. The number of nitrogens with zero attached hydrogens (tertiary/aromatic N) is 1. The Morgan fingerprint density at radius 3 is 2.57 bits per heavy atom. The summed E-state index contributed by atoms with van der Waals surface area (Å²) < 4.78 is 15.8. The van der Waals surface area contributed by atoms with Gasteiger partial charge in [-0.3, -0.25) is 14.4 Å². The molecule has 0 unspecified atom stereocenters. The van der Waals surface area contributed by atoms with Crippen molar-refractivity contribution >= 4 is 23.5 Å². The van der Waals surface area contributed by atoms with Crippen molar-refractivity contribution in [2.75, 3.05) is 25.5 Å². The highest BCUT2D eigenvalue weighted by Gasteiger charge is 2.17. The molecule has 0 aliphatic carbocycles. The van der Waals surface area contributed by atoms with Crippen LogP contribution < -0.4 is 10.1 Å². The lowest BCUT2D eigenvalue weighted by molar-refractivity contribution is -0.155. The van der Waals surface area contributed by atoms with Crippen LogP contribution in [0.5, 0.6) is 5.75 Å². The van der Waals surface area contributed by atoms with Crippen molar-refractivity contribution in [1.82, 2.24) is 4.90 Å². The Hall–Kier alpha value is -3.29. The predicted octanol–water partition coefficient (Wildman–Crippen LogP) is 3.49. The zero-order valence-corrected chi connectivity index (χ0v) is 17.8. The highest BCUT2D eigenvalue weighted by Crippen LogP contribution is 2.18. The fraction of sp³-hybridized carbons (Fsp3) is 0.409. The summed E-state index contributed by atoms with van der Waals surface area (Å²) in [5, 5.41) is 2.70. The summed E-state index contributed by atoms with van der Waals surface area (Å²) >= 11 is 0. The van der Waals surface area contributed by atoms with Gasteiger partial charge in [-0.1, -0.05) is 6.07 Å². The summed E-state index contributed by atoms with van der Waals surface area (Å²) in [6.45, 7) is 5.71. The minimum Gasteiger partial charge on any atom is -0.484 e. The molecule has 0 fully saturated rings. The van der Waals surface area contributed by atoms with Crippen molar-refractivity contribution in [3.05, 3.63) is 48.4 Å². The number of hydrogen-bond donors (Lipinski definition) is 1. The van der Waals surface area contributed by atoms with Gasteiger partial charge in [-0.15, -0.1) is 0 Å². The fourth-order valence-electron chi connectivity index (χ4n) is 2.50. The molecule has 0 spiro atoms. The molecule has 0 aliphatic heterocycles. The van der Waals surface area contributed by atoms with Gasteiger partial charge in [-0.25, -0.2) is 0 Å². The van der Waals surface area contributed by atoms with Gasteiger partial charge in [0.15, 0.2) is 12.4 Å².